The topological polar surface area (TPSA) is 51.0 Å². The molecule has 0 atom stereocenters. The SMILES string of the molecule is CCN(CC)C(=O)CCc1ccc(-n2c(C)nc3cnccc32)cc1. The number of aromatic nitrogens is 3. The molecule has 0 aliphatic heterocycles. The summed E-state index contributed by atoms with van der Waals surface area (Å²) < 4.78 is 2.13. The molecule has 3 aromatic rings. The molecule has 0 aliphatic carbocycles. The van der Waals surface area contributed by atoms with Gasteiger partial charge in [-0.1, -0.05) is 12.1 Å². The van der Waals surface area contributed by atoms with Gasteiger partial charge in [-0.05, 0) is 51.0 Å². The number of amides is 1. The number of fused-ring (bicyclic) bond motifs is 1. The predicted molar refractivity (Wildman–Crippen MR) is 99.9 cm³/mol. The highest BCUT2D eigenvalue weighted by Crippen LogP contribution is 2.21. The summed E-state index contributed by atoms with van der Waals surface area (Å²) in [6.45, 7) is 7.58. The smallest absolute Gasteiger partial charge is 0.222 e. The molecule has 130 valence electrons. The van der Waals surface area contributed by atoms with Crippen molar-refractivity contribution in [3.05, 3.63) is 54.1 Å². The van der Waals surface area contributed by atoms with Crippen LogP contribution in [0.4, 0.5) is 0 Å². The Kier molecular flexibility index (Phi) is 5.12. The zero-order valence-corrected chi connectivity index (χ0v) is 15.1. The molecule has 0 saturated heterocycles. The largest absolute Gasteiger partial charge is 0.343 e. The van der Waals surface area contributed by atoms with Crippen molar-refractivity contribution in [2.45, 2.75) is 33.6 Å². The number of imidazole rings is 1. The molecule has 1 aromatic carbocycles. The van der Waals surface area contributed by atoms with Crippen LogP contribution >= 0.6 is 0 Å². The van der Waals surface area contributed by atoms with Gasteiger partial charge in [-0.3, -0.25) is 14.3 Å². The lowest BCUT2D eigenvalue weighted by Crippen LogP contribution is -2.30. The fraction of sp³-hybridized carbons (Fsp3) is 0.350. The van der Waals surface area contributed by atoms with Crippen molar-refractivity contribution in [2.24, 2.45) is 0 Å². The minimum atomic E-state index is 0.220. The van der Waals surface area contributed by atoms with Gasteiger partial charge in [-0.25, -0.2) is 4.98 Å². The Hall–Kier alpha value is -2.69. The van der Waals surface area contributed by atoms with Gasteiger partial charge in [-0.15, -0.1) is 0 Å². The number of carbonyl (C=O) groups excluding carboxylic acids is 1. The zero-order valence-electron chi connectivity index (χ0n) is 15.1. The summed E-state index contributed by atoms with van der Waals surface area (Å²) in [6.07, 6.45) is 4.89. The van der Waals surface area contributed by atoms with Gasteiger partial charge in [0.05, 0.1) is 11.7 Å². The second kappa shape index (κ2) is 7.47. The fourth-order valence-electron chi connectivity index (χ4n) is 3.18. The third kappa shape index (κ3) is 3.55. The first-order chi connectivity index (χ1) is 12.1. The Morgan fingerprint density at radius 3 is 2.52 bits per heavy atom. The van der Waals surface area contributed by atoms with E-state index in [0.717, 1.165) is 42.1 Å². The molecule has 0 saturated carbocycles. The highest BCUT2D eigenvalue weighted by molar-refractivity contribution is 5.77. The summed E-state index contributed by atoms with van der Waals surface area (Å²) in [7, 11) is 0. The lowest BCUT2D eigenvalue weighted by Gasteiger charge is -2.18. The molecule has 0 aliphatic rings. The molecule has 1 amide bonds. The molecule has 0 fully saturated rings. The van der Waals surface area contributed by atoms with Crippen molar-refractivity contribution < 1.29 is 4.79 Å². The van der Waals surface area contributed by atoms with Crippen LogP contribution in [0, 0.1) is 6.92 Å². The van der Waals surface area contributed by atoms with Crippen molar-refractivity contribution in [3.8, 4) is 5.69 Å². The van der Waals surface area contributed by atoms with Crippen molar-refractivity contribution in [2.75, 3.05) is 13.1 Å². The molecule has 2 aromatic heterocycles. The summed E-state index contributed by atoms with van der Waals surface area (Å²) in [5.74, 6) is 1.16. The van der Waals surface area contributed by atoms with E-state index in [2.05, 4.69) is 38.8 Å². The van der Waals surface area contributed by atoms with Gasteiger partial charge >= 0.3 is 0 Å². The van der Waals surface area contributed by atoms with Crippen LogP contribution in [0.2, 0.25) is 0 Å². The molecular formula is C20H24N4O. The molecule has 2 heterocycles. The van der Waals surface area contributed by atoms with E-state index >= 15 is 0 Å². The number of pyridine rings is 1. The van der Waals surface area contributed by atoms with E-state index in [9.17, 15) is 4.79 Å². The van der Waals surface area contributed by atoms with Crippen LogP contribution in [0.25, 0.3) is 16.7 Å². The van der Waals surface area contributed by atoms with E-state index < -0.39 is 0 Å². The maximum atomic E-state index is 12.1. The minimum Gasteiger partial charge on any atom is -0.343 e. The fourth-order valence-corrected chi connectivity index (χ4v) is 3.18. The zero-order chi connectivity index (χ0) is 17.8. The molecule has 3 rings (SSSR count). The van der Waals surface area contributed by atoms with Crippen LogP contribution in [-0.2, 0) is 11.2 Å². The molecule has 0 bridgehead atoms. The first kappa shape index (κ1) is 17.1. The monoisotopic (exact) mass is 336 g/mol. The first-order valence-corrected chi connectivity index (χ1v) is 8.80. The van der Waals surface area contributed by atoms with Gasteiger partial charge in [-0.2, -0.15) is 0 Å². The predicted octanol–water partition coefficient (Wildman–Crippen LogP) is 3.53. The number of carbonyl (C=O) groups is 1. The van der Waals surface area contributed by atoms with E-state index in [1.165, 1.54) is 5.56 Å². The third-order valence-corrected chi connectivity index (χ3v) is 4.56. The van der Waals surface area contributed by atoms with E-state index in [1.807, 2.05) is 31.7 Å². The summed E-state index contributed by atoms with van der Waals surface area (Å²) >= 11 is 0. The molecule has 0 spiro atoms. The molecule has 0 N–H and O–H groups in total. The Labute approximate surface area is 148 Å². The van der Waals surface area contributed by atoms with Crippen LogP contribution < -0.4 is 0 Å². The van der Waals surface area contributed by atoms with Gasteiger partial charge in [0.15, 0.2) is 0 Å². The Morgan fingerprint density at radius 2 is 1.84 bits per heavy atom. The molecule has 25 heavy (non-hydrogen) atoms. The maximum Gasteiger partial charge on any atom is 0.222 e. The minimum absolute atomic E-state index is 0.220. The van der Waals surface area contributed by atoms with E-state index in [1.54, 1.807) is 12.4 Å². The van der Waals surface area contributed by atoms with Crippen molar-refractivity contribution in [3.63, 3.8) is 0 Å². The lowest BCUT2D eigenvalue weighted by atomic mass is 10.1. The number of nitrogens with zero attached hydrogens (tertiary/aromatic N) is 4. The normalized spacial score (nSPS) is 11.0. The summed E-state index contributed by atoms with van der Waals surface area (Å²) in [4.78, 5) is 22.7. The number of hydrogen-bond acceptors (Lipinski definition) is 3. The van der Waals surface area contributed by atoms with Gasteiger partial charge in [0.2, 0.25) is 5.91 Å². The molecular weight excluding hydrogens is 312 g/mol. The van der Waals surface area contributed by atoms with Crippen LogP contribution in [0.1, 0.15) is 31.7 Å². The van der Waals surface area contributed by atoms with Crippen LogP contribution in [0.3, 0.4) is 0 Å². The van der Waals surface area contributed by atoms with Gasteiger partial charge in [0, 0.05) is 31.4 Å². The number of hydrogen-bond donors (Lipinski definition) is 0. The van der Waals surface area contributed by atoms with E-state index in [-0.39, 0.29) is 5.91 Å². The second-order valence-electron chi connectivity index (χ2n) is 6.09. The van der Waals surface area contributed by atoms with Crippen LogP contribution in [0.5, 0.6) is 0 Å². The Bertz CT molecular complexity index is 863. The lowest BCUT2D eigenvalue weighted by molar-refractivity contribution is -0.130. The Balaban J connectivity index is 1.76. The van der Waals surface area contributed by atoms with Gasteiger partial charge in [0.1, 0.15) is 11.3 Å². The number of benzene rings is 1. The molecule has 5 nitrogen and oxygen atoms in total. The van der Waals surface area contributed by atoms with Gasteiger partial charge in [0.25, 0.3) is 0 Å². The van der Waals surface area contributed by atoms with Crippen molar-refractivity contribution in [1.29, 1.82) is 0 Å². The molecule has 5 heteroatoms. The number of rotatable bonds is 6. The van der Waals surface area contributed by atoms with E-state index in [0.29, 0.717) is 6.42 Å². The summed E-state index contributed by atoms with van der Waals surface area (Å²) in [5.41, 5.74) is 4.20. The second-order valence-corrected chi connectivity index (χ2v) is 6.09. The van der Waals surface area contributed by atoms with Crippen LogP contribution in [-0.4, -0.2) is 38.4 Å². The first-order valence-electron chi connectivity index (χ1n) is 8.80. The average Bonchev–Trinajstić information content (AvgIpc) is 2.97. The summed E-state index contributed by atoms with van der Waals surface area (Å²) in [5, 5.41) is 0. The number of aryl methyl sites for hydroxylation is 2. The highest BCUT2D eigenvalue weighted by Gasteiger charge is 2.11. The van der Waals surface area contributed by atoms with Crippen LogP contribution in [0.15, 0.2) is 42.7 Å². The van der Waals surface area contributed by atoms with E-state index in [4.69, 9.17) is 0 Å². The standard InChI is InChI=1S/C20H24N4O/c1-4-23(5-2)20(25)11-8-16-6-9-17(10-7-16)24-15(3)22-18-14-21-13-12-19(18)24/h6-7,9-10,12-14H,4-5,8,11H2,1-3H3. The van der Waals surface area contributed by atoms with Crippen molar-refractivity contribution in [1.82, 2.24) is 19.4 Å². The Morgan fingerprint density at radius 1 is 1.12 bits per heavy atom. The summed E-state index contributed by atoms with van der Waals surface area (Å²) in [6, 6.07) is 10.3. The third-order valence-electron chi connectivity index (χ3n) is 4.56. The van der Waals surface area contributed by atoms with Crippen molar-refractivity contribution >= 4 is 16.9 Å². The van der Waals surface area contributed by atoms with Gasteiger partial charge < -0.3 is 4.90 Å². The average molecular weight is 336 g/mol. The maximum absolute atomic E-state index is 12.1. The molecule has 0 unspecified atom stereocenters. The quantitative estimate of drug-likeness (QED) is 0.692. The molecule has 0 radical (unpaired) electrons. The highest BCUT2D eigenvalue weighted by atomic mass is 16.2.